The van der Waals surface area contributed by atoms with Crippen molar-refractivity contribution in [3.05, 3.63) is 0 Å². The molecule has 3 fully saturated rings. The highest BCUT2D eigenvalue weighted by Crippen LogP contribution is 2.38. The summed E-state index contributed by atoms with van der Waals surface area (Å²) in [5, 5.41) is 0. The maximum atomic E-state index is 12.2. The molecule has 4 heteroatoms. The number of rotatable bonds is 1. The minimum absolute atomic E-state index is 0.0860. The molecule has 3 saturated heterocycles. The number of amides is 2. The molecule has 19 heavy (non-hydrogen) atoms. The highest BCUT2D eigenvalue weighted by molar-refractivity contribution is 5.79. The van der Waals surface area contributed by atoms with Gasteiger partial charge in [-0.1, -0.05) is 13.8 Å². The van der Waals surface area contributed by atoms with Gasteiger partial charge in [0.25, 0.3) is 0 Å². The molecule has 3 aliphatic heterocycles. The quantitative estimate of drug-likeness (QED) is 0.720. The Labute approximate surface area is 115 Å². The summed E-state index contributed by atoms with van der Waals surface area (Å²) in [6.45, 7) is 6.54. The Hall–Kier alpha value is -1.06. The van der Waals surface area contributed by atoms with Gasteiger partial charge in [0, 0.05) is 38.0 Å². The van der Waals surface area contributed by atoms with Crippen LogP contribution < -0.4 is 0 Å². The lowest BCUT2D eigenvalue weighted by atomic mass is 9.76. The van der Waals surface area contributed by atoms with E-state index in [1.807, 2.05) is 13.8 Å². The van der Waals surface area contributed by atoms with Crippen LogP contribution in [0, 0.1) is 17.8 Å². The van der Waals surface area contributed by atoms with Crippen LogP contribution in [-0.4, -0.2) is 47.3 Å². The summed E-state index contributed by atoms with van der Waals surface area (Å²) in [6, 6.07) is 0.403. The summed E-state index contributed by atoms with van der Waals surface area (Å²) >= 11 is 0. The predicted molar refractivity (Wildman–Crippen MR) is 72.4 cm³/mol. The van der Waals surface area contributed by atoms with E-state index < -0.39 is 0 Å². The van der Waals surface area contributed by atoms with Gasteiger partial charge in [-0.2, -0.15) is 0 Å². The van der Waals surface area contributed by atoms with Crippen LogP contribution in [0.5, 0.6) is 0 Å². The molecule has 106 valence electrons. The Morgan fingerprint density at radius 1 is 1.26 bits per heavy atom. The molecule has 3 heterocycles. The molecule has 0 aliphatic carbocycles. The Morgan fingerprint density at radius 2 is 2.05 bits per heavy atom. The van der Waals surface area contributed by atoms with Crippen LogP contribution in [0.4, 0.5) is 0 Å². The second-order valence-corrected chi connectivity index (χ2v) is 6.77. The highest BCUT2D eigenvalue weighted by Gasteiger charge is 2.44. The molecule has 4 nitrogen and oxygen atoms in total. The van der Waals surface area contributed by atoms with Crippen molar-refractivity contribution in [2.24, 2.45) is 17.8 Å². The second-order valence-electron chi connectivity index (χ2n) is 6.77. The monoisotopic (exact) mass is 264 g/mol. The third-order valence-electron chi connectivity index (χ3n) is 4.99. The van der Waals surface area contributed by atoms with E-state index in [0.717, 1.165) is 38.9 Å². The molecule has 0 N–H and O–H groups in total. The summed E-state index contributed by atoms with van der Waals surface area (Å²) in [6.07, 6.45) is 4.09. The molecule has 3 atom stereocenters. The SMILES string of the molecule is CC(C)C(=O)N1CC2CC(C1)C1CCCC(=O)N1C2. The molecule has 0 aromatic heterocycles. The first-order valence-corrected chi connectivity index (χ1v) is 7.64. The fourth-order valence-electron chi connectivity index (χ4n) is 4.16. The Morgan fingerprint density at radius 3 is 2.79 bits per heavy atom. The van der Waals surface area contributed by atoms with Crippen molar-refractivity contribution >= 4 is 11.8 Å². The molecule has 0 saturated carbocycles. The Balaban J connectivity index is 1.75. The first-order chi connectivity index (χ1) is 9.06. The largest absolute Gasteiger partial charge is 0.342 e. The Kier molecular flexibility index (Phi) is 3.27. The Bertz CT molecular complexity index is 394. The number of carbonyl (C=O) groups excluding carboxylic acids is 2. The van der Waals surface area contributed by atoms with E-state index in [1.54, 1.807) is 0 Å². The first kappa shape index (κ1) is 12.9. The minimum Gasteiger partial charge on any atom is -0.342 e. The zero-order valence-electron chi connectivity index (χ0n) is 12.0. The van der Waals surface area contributed by atoms with Crippen molar-refractivity contribution in [1.29, 1.82) is 0 Å². The fourth-order valence-corrected chi connectivity index (χ4v) is 4.16. The summed E-state index contributed by atoms with van der Waals surface area (Å²) < 4.78 is 0. The number of hydrogen-bond acceptors (Lipinski definition) is 2. The molecule has 3 unspecified atom stereocenters. The van der Waals surface area contributed by atoms with E-state index in [9.17, 15) is 9.59 Å². The van der Waals surface area contributed by atoms with Crippen molar-refractivity contribution in [3.63, 3.8) is 0 Å². The van der Waals surface area contributed by atoms with Gasteiger partial charge in [0.15, 0.2) is 0 Å². The average Bonchev–Trinajstić information content (AvgIpc) is 2.39. The third kappa shape index (κ3) is 2.26. The molecule has 3 rings (SSSR count). The maximum absolute atomic E-state index is 12.2. The summed E-state index contributed by atoms with van der Waals surface area (Å²) in [5.74, 6) is 1.72. The molecule has 0 radical (unpaired) electrons. The average molecular weight is 264 g/mol. The zero-order valence-corrected chi connectivity index (χ0v) is 12.0. The molecule has 0 aromatic carbocycles. The summed E-state index contributed by atoms with van der Waals surface area (Å²) in [5.41, 5.74) is 0. The van der Waals surface area contributed by atoms with Crippen molar-refractivity contribution in [1.82, 2.24) is 9.80 Å². The van der Waals surface area contributed by atoms with Gasteiger partial charge in [0.2, 0.25) is 11.8 Å². The van der Waals surface area contributed by atoms with E-state index in [0.29, 0.717) is 23.8 Å². The number of carbonyl (C=O) groups is 2. The molecular weight excluding hydrogens is 240 g/mol. The topological polar surface area (TPSA) is 40.6 Å². The van der Waals surface area contributed by atoms with Crippen molar-refractivity contribution in [2.45, 2.75) is 45.6 Å². The van der Waals surface area contributed by atoms with Crippen molar-refractivity contribution in [3.8, 4) is 0 Å². The highest BCUT2D eigenvalue weighted by atomic mass is 16.2. The van der Waals surface area contributed by atoms with Gasteiger partial charge in [-0.25, -0.2) is 0 Å². The second kappa shape index (κ2) is 4.80. The molecular formula is C15H24N2O2. The van der Waals surface area contributed by atoms with Crippen LogP contribution in [0.15, 0.2) is 0 Å². The van der Waals surface area contributed by atoms with Gasteiger partial charge in [0.05, 0.1) is 0 Å². The van der Waals surface area contributed by atoms with Crippen molar-refractivity contribution in [2.75, 3.05) is 19.6 Å². The maximum Gasteiger partial charge on any atom is 0.225 e. The lowest BCUT2D eigenvalue weighted by Gasteiger charge is -2.52. The van der Waals surface area contributed by atoms with Gasteiger partial charge in [-0.3, -0.25) is 9.59 Å². The minimum atomic E-state index is 0.0860. The van der Waals surface area contributed by atoms with Gasteiger partial charge in [0.1, 0.15) is 0 Å². The van der Waals surface area contributed by atoms with Gasteiger partial charge >= 0.3 is 0 Å². The van der Waals surface area contributed by atoms with E-state index >= 15 is 0 Å². The van der Waals surface area contributed by atoms with Gasteiger partial charge < -0.3 is 9.80 Å². The smallest absolute Gasteiger partial charge is 0.225 e. The van der Waals surface area contributed by atoms with Crippen LogP contribution in [0.3, 0.4) is 0 Å². The van der Waals surface area contributed by atoms with E-state index in [4.69, 9.17) is 0 Å². The molecule has 2 amide bonds. The number of likely N-dealkylation sites (tertiary alicyclic amines) is 1. The first-order valence-electron chi connectivity index (χ1n) is 7.64. The van der Waals surface area contributed by atoms with Gasteiger partial charge in [-0.15, -0.1) is 0 Å². The van der Waals surface area contributed by atoms with Crippen LogP contribution in [0.25, 0.3) is 0 Å². The summed E-state index contributed by atoms with van der Waals surface area (Å²) in [7, 11) is 0. The van der Waals surface area contributed by atoms with E-state index in [2.05, 4.69) is 9.80 Å². The van der Waals surface area contributed by atoms with Gasteiger partial charge in [-0.05, 0) is 31.1 Å². The number of nitrogens with zero attached hydrogens (tertiary/aromatic N) is 2. The number of piperidine rings is 3. The number of hydrogen-bond donors (Lipinski definition) is 0. The zero-order chi connectivity index (χ0) is 13.6. The number of fused-ring (bicyclic) bond motifs is 4. The molecule has 3 aliphatic rings. The molecule has 0 aromatic rings. The van der Waals surface area contributed by atoms with E-state index in [1.165, 1.54) is 6.42 Å². The fraction of sp³-hybridized carbons (Fsp3) is 0.867. The molecule has 0 spiro atoms. The van der Waals surface area contributed by atoms with E-state index in [-0.39, 0.29) is 11.8 Å². The van der Waals surface area contributed by atoms with Crippen LogP contribution in [-0.2, 0) is 9.59 Å². The van der Waals surface area contributed by atoms with Crippen LogP contribution in [0.2, 0.25) is 0 Å². The van der Waals surface area contributed by atoms with Crippen LogP contribution >= 0.6 is 0 Å². The normalized spacial score (nSPS) is 34.5. The molecule has 2 bridgehead atoms. The van der Waals surface area contributed by atoms with Crippen LogP contribution in [0.1, 0.15) is 39.5 Å². The lowest BCUT2D eigenvalue weighted by Crippen LogP contribution is -2.61. The lowest BCUT2D eigenvalue weighted by molar-refractivity contribution is -0.149. The van der Waals surface area contributed by atoms with Crippen molar-refractivity contribution < 1.29 is 9.59 Å². The third-order valence-corrected chi connectivity index (χ3v) is 4.99. The predicted octanol–water partition coefficient (Wildman–Crippen LogP) is 1.50. The summed E-state index contributed by atoms with van der Waals surface area (Å²) in [4.78, 5) is 28.4. The standard InChI is InChI=1S/C15H24N2O2/c1-10(2)15(19)16-7-11-6-12(9-16)13-4-3-5-14(18)17(13)8-11/h10-13H,3-9H2,1-2H3.